The van der Waals surface area contributed by atoms with E-state index in [4.69, 9.17) is 0 Å². The quantitative estimate of drug-likeness (QED) is 0.473. The summed E-state index contributed by atoms with van der Waals surface area (Å²) in [6.45, 7) is 0.519. The van der Waals surface area contributed by atoms with E-state index in [0.717, 1.165) is 0 Å². The van der Waals surface area contributed by atoms with Gasteiger partial charge in [0.15, 0.2) is 0 Å². The lowest BCUT2D eigenvalue weighted by Gasteiger charge is -2.24. The molecule has 2 bridgehead atoms. The summed E-state index contributed by atoms with van der Waals surface area (Å²) in [6, 6.07) is -0.0733. The fraction of sp³-hybridized carbons (Fsp3) is 0.250. The summed E-state index contributed by atoms with van der Waals surface area (Å²) in [4.78, 5) is 25.5. The Bertz CT molecular complexity index is 356. The van der Waals surface area contributed by atoms with Crippen LogP contribution in [0.25, 0.3) is 0 Å². The van der Waals surface area contributed by atoms with Crippen molar-refractivity contribution in [1.29, 1.82) is 0 Å². The Kier molecular flexibility index (Phi) is 0.800. The number of urea groups is 1. The lowest BCUT2D eigenvalue weighted by atomic mass is 10.1. The molecule has 3 aliphatic rings. The van der Waals surface area contributed by atoms with Gasteiger partial charge in [-0.3, -0.25) is 14.6 Å². The number of allylic oxidation sites excluding steroid dienone is 2. The molecule has 12 heavy (non-hydrogen) atoms. The van der Waals surface area contributed by atoms with Crippen LogP contribution >= 0.6 is 0 Å². The Morgan fingerprint density at radius 3 is 2.92 bits per heavy atom. The van der Waals surface area contributed by atoms with Crippen molar-refractivity contribution in [2.75, 3.05) is 6.54 Å². The highest BCUT2D eigenvalue weighted by atomic mass is 16.2. The van der Waals surface area contributed by atoms with Gasteiger partial charge in [-0.05, 0) is 6.08 Å². The molecule has 4 heteroatoms. The van der Waals surface area contributed by atoms with Gasteiger partial charge in [0, 0.05) is 0 Å². The zero-order chi connectivity index (χ0) is 8.29. The van der Waals surface area contributed by atoms with E-state index in [1.165, 1.54) is 4.90 Å². The predicted octanol–water partition coefficient (Wildman–Crippen LogP) is 0.0865. The molecule has 3 amide bonds. The van der Waals surface area contributed by atoms with Gasteiger partial charge in [0.05, 0.1) is 12.6 Å². The number of amides is 3. The normalized spacial score (nSPS) is 30.3. The number of piperazine rings is 1. The average Bonchev–Trinajstić information content (AvgIpc) is 2.51. The number of carbonyl (C=O) groups excluding carboxylic acids is 2. The lowest BCUT2D eigenvalue weighted by molar-refractivity contribution is -0.124. The van der Waals surface area contributed by atoms with Crippen molar-refractivity contribution in [3.8, 4) is 0 Å². The lowest BCUT2D eigenvalue weighted by Crippen LogP contribution is -2.37. The fourth-order valence-corrected chi connectivity index (χ4v) is 1.88. The van der Waals surface area contributed by atoms with Gasteiger partial charge in [-0.15, -0.1) is 0 Å². The molecule has 60 valence electrons. The Balaban J connectivity index is 2.24. The summed E-state index contributed by atoms with van der Waals surface area (Å²) < 4.78 is 0. The maximum absolute atomic E-state index is 11.3. The number of hydrogen-bond donors (Lipinski definition) is 0. The smallest absolute Gasteiger partial charge is 0.280 e. The number of hydrogen-bond acceptors (Lipinski definition) is 2. The molecule has 0 aliphatic carbocycles. The van der Waals surface area contributed by atoms with E-state index in [0.29, 0.717) is 12.2 Å². The Morgan fingerprint density at radius 1 is 1.42 bits per heavy atom. The van der Waals surface area contributed by atoms with Crippen molar-refractivity contribution in [2.24, 2.45) is 0 Å². The molecule has 0 radical (unpaired) electrons. The first-order valence-electron chi connectivity index (χ1n) is 3.82. The summed E-state index contributed by atoms with van der Waals surface area (Å²) in [6.07, 6.45) is 5.47. The molecule has 2 saturated heterocycles. The van der Waals surface area contributed by atoms with Crippen LogP contribution in [0.3, 0.4) is 0 Å². The van der Waals surface area contributed by atoms with Gasteiger partial charge in [0.25, 0.3) is 5.91 Å². The number of fused-ring (bicyclic) bond motifs is 1. The van der Waals surface area contributed by atoms with Crippen molar-refractivity contribution >= 4 is 11.9 Å². The Morgan fingerprint density at radius 2 is 2.25 bits per heavy atom. The summed E-state index contributed by atoms with van der Waals surface area (Å²) >= 11 is 0. The van der Waals surface area contributed by atoms with E-state index < -0.39 is 0 Å². The molecule has 1 unspecified atom stereocenters. The average molecular weight is 162 g/mol. The van der Waals surface area contributed by atoms with Crippen molar-refractivity contribution < 1.29 is 9.59 Å². The number of imide groups is 1. The summed E-state index contributed by atoms with van der Waals surface area (Å²) in [5.41, 5.74) is 0.527. The molecule has 4 nitrogen and oxygen atoms in total. The molecule has 1 atom stereocenters. The van der Waals surface area contributed by atoms with Crippen LogP contribution in [0.5, 0.6) is 0 Å². The number of carbonyl (C=O) groups is 2. The largest absolute Gasteiger partial charge is 0.332 e. The highest BCUT2D eigenvalue weighted by Gasteiger charge is 2.51. The van der Waals surface area contributed by atoms with Crippen molar-refractivity contribution in [2.45, 2.75) is 6.04 Å². The van der Waals surface area contributed by atoms with E-state index in [1.54, 1.807) is 11.0 Å². The fourth-order valence-electron chi connectivity index (χ4n) is 1.88. The molecule has 3 heterocycles. The Labute approximate surface area is 68.7 Å². The van der Waals surface area contributed by atoms with E-state index in [2.05, 4.69) is 0 Å². The number of rotatable bonds is 0. The molecule has 3 rings (SSSR count). The first kappa shape index (κ1) is 5.99. The highest BCUT2D eigenvalue weighted by Crippen LogP contribution is 2.33. The van der Waals surface area contributed by atoms with Crippen LogP contribution in [-0.2, 0) is 4.79 Å². The van der Waals surface area contributed by atoms with Crippen molar-refractivity contribution in [3.05, 3.63) is 23.9 Å². The third-order valence-electron chi connectivity index (χ3n) is 2.45. The maximum Gasteiger partial charge on any atom is 0.332 e. The SMILES string of the molecule is O=C1C2=CC=CC3CN1C(=O)N23. The zero-order valence-electron chi connectivity index (χ0n) is 6.23. The van der Waals surface area contributed by atoms with Crippen molar-refractivity contribution in [1.82, 2.24) is 9.80 Å². The van der Waals surface area contributed by atoms with Crippen LogP contribution in [0.15, 0.2) is 23.9 Å². The van der Waals surface area contributed by atoms with E-state index in [9.17, 15) is 9.59 Å². The minimum Gasteiger partial charge on any atom is -0.280 e. The topological polar surface area (TPSA) is 40.6 Å². The molecule has 0 aromatic heterocycles. The van der Waals surface area contributed by atoms with Gasteiger partial charge in [0.2, 0.25) is 0 Å². The first-order valence-corrected chi connectivity index (χ1v) is 3.82. The molecule has 2 fully saturated rings. The van der Waals surface area contributed by atoms with Gasteiger partial charge in [-0.25, -0.2) is 4.79 Å². The molecule has 0 saturated carbocycles. The van der Waals surface area contributed by atoms with E-state index in [-0.39, 0.29) is 18.0 Å². The molecule has 0 spiro atoms. The molecular weight excluding hydrogens is 156 g/mol. The van der Waals surface area contributed by atoms with Gasteiger partial charge in [-0.2, -0.15) is 0 Å². The van der Waals surface area contributed by atoms with Crippen LogP contribution in [0.1, 0.15) is 0 Å². The van der Waals surface area contributed by atoms with Crippen molar-refractivity contribution in [3.63, 3.8) is 0 Å². The van der Waals surface area contributed by atoms with Crippen LogP contribution in [0, 0.1) is 0 Å². The zero-order valence-corrected chi connectivity index (χ0v) is 6.23. The predicted molar refractivity (Wildman–Crippen MR) is 40.0 cm³/mol. The molecule has 0 N–H and O–H groups in total. The second kappa shape index (κ2) is 1.60. The summed E-state index contributed by atoms with van der Waals surface area (Å²) in [5, 5.41) is 0. The first-order chi connectivity index (χ1) is 5.79. The Hall–Kier alpha value is -1.58. The third-order valence-corrected chi connectivity index (χ3v) is 2.45. The molecule has 0 aromatic carbocycles. The van der Waals surface area contributed by atoms with Gasteiger partial charge in [0.1, 0.15) is 5.70 Å². The van der Waals surface area contributed by atoms with Crippen LogP contribution in [-0.4, -0.2) is 34.3 Å². The van der Waals surface area contributed by atoms with Crippen LogP contribution in [0.2, 0.25) is 0 Å². The molecular formula is C8H6N2O2. The second-order valence-electron chi connectivity index (χ2n) is 3.07. The van der Waals surface area contributed by atoms with Gasteiger partial charge < -0.3 is 0 Å². The minimum atomic E-state index is -0.166. The minimum absolute atomic E-state index is 0.0928. The maximum atomic E-state index is 11.3. The second-order valence-corrected chi connectivity index (χ2v) is 3.07. The molecule has 0 aromatic rings. The van der Waals surface area contributed by atoms with Gasteiger partial charge in [-0.1, -0.05) is 12.2 Å². The summed E-state index contributed by atoms with van der Waals surface area (Å²) in [7, 11) is 0. The molecule has 3 aliphatic heterocycles. The third kappa shape index (κ3) is 0.441. The van der Waals surface area contributed by atoms with Crippen LogP contribution in [0.4, 0.5) is 4.79 Å². The highest BCUT2D eigenvalue weighted by molar-refractivity contribution is 6.13. The number of nitrogens with zero attached hydrogens (tertiary/aromatic N) is 2. The standard InChI is InChI=1S/C8H6N2O2/c11-7-6-3-1-2-5-4-9(7)8(12)10(5)6/h1-3,5H,4H2. The monoisotopic (exact) mass is 162 g/mol. The summed E-state index contributed by atoms with van der Waals surface area (Å²) in [5.74, 6) is -0.152. The van der Waals surface area contributed by atoms with Crippen LogP contribution < -0.4 is 0 Å². The van der Waals surface area contributed by atoms with E-state index >= 15 is 0 Å². The van der Waals surface area contributed by atoms with E-state index in [1.807, 2.05) is 12.2 Å². The van der Waals surface area contributed by atoms with Gasteiger partial charge >= 0.3 is 6.03 Å².